The number of anilines is 2. The molecule has 4 aliphatic rings. The van der Waals surface area contributed by atoms with Gasteiger partial charge >= 0.3 is 5.97 Å². The number of hydrogen-bond acceptors (Lipinski definition) is 8. The lowest BCUT2D eigenvalue weighted by atomic mass is 9.49. The Hall–Kier alpha value is -4.64. The number of carboxylic acid groups (broad SMARTS) is 1. The molecule has 0 unspecified atom stereocenters. The zero-order valence-corrected chi connectivity index (χ0v) is 25.7. The van der Waals surface area contributed by atoms with Crippen molar-refractivity contribution in [1.82, 2.24) is 34.5 Å². The Morgan fingerprint density at radius 3 is 2.49 bits per heavy atom. The Morgan fingerprint density at radius 2 is 1.78 bits per heavy atom. The third-order valence-electron chi connectivity index (χ3n) is 10.4. The van der Waals surface area contributed by atoms with E-state index in [1.54, 1.807) is 22.2 Å². The molecule has 0 saturated heterocycles. The van der Waals surface area contributed by atoms with E-state index in [4.69, 9.17) is 5.10 Å². The minimum absolute atomic E-state index is 0.172. The Labute approximate surface area is 263 Å². The molecule has 226 valence electrons. The van der Waals surface area contributed by atoms with Crippen LogP contribution in [0.1, 0.15) is 54.6 Å². The van der Waals surface area contributed by atoms with E-state index in [1.807, 2.05) is 54.7 Å². The second-order valence-electron chi connectivity index (χ2n) is 13.4. The van der Waals surface area contributed by atoms with Gasteiger partial charge < -0.3 is 10.4 Å². The van der Waals surface area contributed by atoms with Crippen LogP contribution in [0.5, 0.6) is 0 Å². The minimum Gasteiger partial charge on any atom is -0.478 e. The molecule has 0 atom stereocenters. The molecule has 2 N–H and O–H groups in total. The molecule has 0 amide bonds. The first kappa shape index (κ1) is 26.7. The highest BCUT2D eigenvalue weighted by Gasteiger charge is 2.51. The molecule has 4 fully saturated rings. The van der Waals surface area contributed by atoms with Crippen LogP contribution in [-0.4, -0.2) is 45.6 Å². The third-order valence-corrected chi connectivity index (χ3v) is 11.4. The summed E-state index contributed by atoms with van der Waals surface area (Å²) in [7, 11) is 0. The third kappa shape index (κ3) is 4.43. The average molecular weight is 617 g/mol. The maximum Gasteiger partial charge on any atom is 0.338 e. The number of nitrogens with one attached hydrogen (secondary N) is 1. The molecule has 4 aliphatic carbocycles. The predicted molar refractivity (Wildman–Crippen MR) is 173 cm³/mol. The van der Waals surface area contributed by atoms with E-state index >= 15 is 0 Å². The number of para-hydroxylation sites is 1. The molecule has 45 heavy (non-hydrogen) atoms. The number of aromatic nitrogens is 7. The standard InChI is InChI=1S/C34H32N8O2S/c1-19-24(16-36-42(19)17-34-13-20-10-21(14-34)12-22(11-20)15-34)23-6-7-26-31(30(23)32(43)44)35-18-41(26)29-9-8-28(39-40-29)38-33-37-25-4-2-3-5-27(25)45-33/h2-9,16,18,20-22H,10-15,17H2,1H3,(H,43,44)(H,37,38,39). The number of benzene rings is 2. The molecule has 11 heteroatoms. The summed E-state index contributed by atoms with van der Waals surface area (Å²) in [6.45, 7) is 2.99. The van der Waals surface area contributed by atoms with Crippen molar-refractivity contribution in [3.05, 3.63) is 72.3 Å². The van der Waals surface area contributed by atoms with E-state index in [2.05, 4.69) is 37.1 Å². The zero-order valence-electron chi connectivity index (χ0n) is 24.8. The first-order valence-corrected chi connectivity index (χ1v) is 16.5. The first-order chi connectivity index (χ1) is 21.9. The number of fused-ring (bicyclic) bond motifs is 2. The van der Waals surface area contributed by atoms with Crippen LogP contribution in [0.25, 0.3) is 38.2 Å². The normalized spacial score (nSPS) is 23.7. The Bertz CT molecular complexity index is 2040. The molecule has 4 heterocycles. The van der Waals surface area contributed by atoms with Gasteiger partial charge in [0.15, 0.2) is 16.8 Å². The van der Waals surface area contributed by atoms with Crippen LogP contribution in [0.2, 0.25) is 0 Å². The van der Waals surface area contributed by atoms with Crippen molar-refractivity contribution in [2.24, 2.45) is 23.2 Å². The molecule has 10 rings (SSSR count). The number of carbonyl (C=O) groups is 1. The van der Waals surface area contributed by atoms with E-state index in [0.29, 0.717) is 33.6 Å². The smallest absolute Gasteiger partial charge is 0.338 e. The summed E-state index contributed by atoms with van der Waals surface area (Å²) < 4.78 is 4.99. The van der Waals surface area contributed by atoms with Gasteiger partial charge in [-0.25, -0.2) is 14.8 Å². The quantitative estimate of drug-likeness (QED) is 0.192. The number of aromatic carboxylic acids is 1. The van der Waals surface area contributed by atoms with Crippen LogP contribution in [0.4, 0.5) is 10.9 Å². The van der Waals surface area contributed by atoms with Gasteiger partial charge in [-0.2, -0.15) is 5.10 Å². The molecule has 2 aromatic carbocycles. The number of nitrogens with zero attached hydrogens (tertiary/aromatic N) is 7. The van der Waals surface area contributed by atoms with E-state index in [9.17, 15) is 9.90 Å². The van der Waals surface area contributed by atoms with Gasteiger partial charge in [0.2, 0.25) is 0 Å². The number of hydrogen-bond donors (Lipinski definition) is 2. The van der Waals surface area contributed by atoms with Gasteiger partial charge in [-0.15, -0.1) is 10.2 Å². The van der Waals surface area contributed by atoms with Gasteiger partial charge in [0, 0.05) is 23.4 Å². The summed E-state index contributed by atoms with van der Waals surface area (Å²) in [5.74, 6) is 2.71. The summed E-state index contributed by atoms with van der Waals surface area (Å²) in [5.41, 5.74) is 4.98. The number of rotatable bonds is 7. The zero-order chi connectivity index (χ0) is 30.3. The van der Waals surface area contributed by atoms with Crippen LogP contribution >= 0.6 is 11.3 Å². The lowest BCUT2D eigenvalue weighted by Crippen LogP contribution is -2.48. The predicted octanol–water partition coefficient (Wildman–Crippen LogP) is 7.26. The van der Waals surface area contributed by atoms with Crippen molar-refractivity contribution in [3.63, 3.8) is 0 Å². The van der Waals surface area contributed by atoms with Crippen LogP contribution in [0.15, 0.2) is 61.1 Å². The fourth-order valence-electron chi connectivity index (χ4n) is 8.93. The van der Waals surface area contributed by atoms with E-state index in [-0.39, 0.29) is 5.56 Å². The highest BCUT2D eigenvalue weighted by atomic mass is 32.1. The van der Waals surface area contributed by atoms with E-state index in [0.717, 1.165) is 50.9 Å². The van der Waals surface area contributed by atoms with Crippen molar-refractivity contribution >= 4 is 49.5 Å². The average Bonchev–Trinajstić information content (AvgIpc) is 3.73. The van der Waals surface area contributed by atoms with Crippen LogP contribution < -0.4 is 5.32 Å². The van der Waals surface area contributed by atoms with Gasteiger partial charge in [-0.05, 0) is 98.9 Å². The van der Waals surface area contributed by atoms with Crippen molar-refractivity contribution in [1.29, 1.82) is 0 Å². The van der Waals surface area contributed by atoms with Gasteiger partial charge in [-0.3, -0.25) is 9.25 Å². The fraction of sp³-hybridized carbons (Fsp3) is 0.353. The van der Waals surface area contributed by atoms with Gasteiger partial charge in [-0.1, -0.05) is 29.5 Å². The molecule has 10 nitrogen and oxygen atoms in total. The van der Waals surface area contributed by atoms with Crippen molar-refractivity contribution in [3.8, 4) is 16.9 Å². The topological polar surface area (TPSA) is 124 Å². The second-order valence-corrected chi connectivity index (χ2v) is 14.4. The van der Waals surface area contributed by atoms with Crippen LogP contribution in [0.3, 0.4) is 0 Å². The van der Waals surface area contributed by atoms with E-state index < -0.39 is 5.97 Å². The van der Waals surface area contributed by atoms with Gasteiger partial charge in [0.05, 0.1) is 27.5 Å². The summed E-state index contributed by atoms with van der Waals surface area (Å²) in [6.07, 6.45) is 11.6. The number of thiazole rings is 1. The molecule has 0 spiro atoms. The highest BCUT2D eigenvalue weighted by molar-refractivity contribution is 7.22. The lowest BCUT2D eigenvalue weighted by molar-refractivity contribution is -0.0638. The van der Waals surface area contributed by atoms with Gasteiger partial charge in [0.1, 0.15) is 11.8 Å². The van der Waals surface area contributed by atoms with Gasteiger partial charge in [0.25, 0.3) is 0 Å². The molecular formula is C34H32N8O2S. The number of carboxylic acids is 1. The second kappa shape index (κ2) is 9.93. The monoisotopic (exact) mass is 616 g/mol. The molecule has 4 bridgehead atoms. The molecule has 6 aromatic rings. The molecule has 4 aromatic heterocycles. The summed E-state index contributed by atoms with van der Waals surface area (Å²) >= 11 is 1.55. The summed E-state index contributed by atoms with van der Waals surface area (Å²) in [4.78, 5) is 21.9. The SMILES string of the molecule is Cc1c(-c2ccc3c(ncn3-c3ccc(Nc4nc5ccccc5s4)nn3)c2C(=O)O)cnn1CC12CC3CC(CC(C3)C1)C2. The Balaban J connectivity index is 1.01. The highest BCUT2D eigenvalue weighted by Crippen LogP contribution is 2.60. The van der Waals surface area contributed by atoms with Crippen molar-refractivity contribution in [2.45, 2.75) is 52.0 Å². The lowest BCUT2D eigenvalue weighted by Gasteiger charge is -2.56. The Morgan fingerprint density at radius 1 is 1.00 bits per heavy atom. The maximum atomic E-state index is 12.7. The van der Waals surface area contributed by atoms with Crippen molar-refractivity contribution < 1.29 is 9.90 Å². The largest absolute Gasteiger partial charge is 0.478 e. The Kier molecular flexibility index (Phi) is 5.90. The summed E-state index contributed by atoms with van der Waals surface area (Å²) in [6, 6.07) is 15.4. The summed E-state index contributed by atoms with van der Waals surface area (Å²) in [5, 5.41) is 28.0. The molecule has 0 radical (unpaired) electrons. The fourth-order valence-corrected chi connectivity index (χ4v) is 9.81. The molecular weight excluding hydrogens is 584 g/mol. The first-order valence-electron chi connectivity index (χ1n) is 15.6. The number of imidazole rings is 1. The molecule has 0 aliphatic heterocycles. The van der Waals surface area contributed by atoms with Crippen molar-refractivity contribution in [2.75, 3.05) is 5.32 Å². The van der Waals surface area contributed by atoms with Crippen LogP contribution in [0, 0.1) is 30.1 Å². The van der Waals surface area contributed by atoms with E-state index in [1.165, 1.54) is 38.5 Å². The minimum atomic E-state index is -1.02. The maximum absolute atomic E-state index is 12.7. The van der Waals surface area contributed by atoms with Crippen LogP contribution in [-0.2, 0) is 6.54 Å². The molecule has 4 saturated carbocycles.